The molecule has 1 aromatic rings. The third-order valence-electron chi connectivity index (χ3n) is 4.57. The van der Waals surface area contributed by atoms with Gasteiger partial charge in [-0.3, -0.25) is 4.79 Å². The molecule has 0 bridgehead atoms. The first-order valence-corrected chi connectivity index (χ1v) is 10.2. The summed E-state index contributed by atoms with van der Waals surface area (Å²) in [5, 5.41) is 2.97. The molecule has 0 aromatic heterocycles. The number of allylic oxidation sites excluding steroid dienone is 3. The zero-order valence-corrected chi connectivity index (χ0v) is 18.0. The maximum absolute atomic E-state index is 11.8. The summed E-state index contributed by atoms with van der Waals surface area (Å²) in [6, 6.07) is 8.86. The number of halogens is 2. The molecule has 1 fully saturated rings. The molecule has 1 aliphatic carbocycles. The number of carbonyl (C=O) groups excluding carboxylic acids is 1. The predicted octanol–water partition coefficient (Wildman–Crippen LogP) is 6.15. The molecule has 134 valence electrons. The van der Waals surface area contributed by atoms with E-state index in [4.69, 9.17) is 0 Å². The Morgan fingerprint density at radius 1 is 1.16 bits per heavy atom. The number of nitrogens with one attached hydrogen (secondary N) is 1. The molecule has 3 atom stereocenters. The van der Waals surface area contributed by atoms with Crippen LogP contribution in [0.4, 0.5) is 0 Å². The van der Waals surface area contributed by atoms with Crippen LogP contribution in [-0.2, 0) is 4.79 Å². The van der Waals surface area contributed by atoms with Crippen LogP contribution in [0.3, 0.4) is 0 Å². The molecule has 4 heteroatoms. The van der Waals surface area contributed by atoms with Crippen LogP contribution >= 0.6 is 31.9 Å². The van der Waals surface area contributed by atoms with Gasteiger partial charge in [0.2, 0.25) is 5.91 Å². The van der Waals surface area contributed by atoms with Crippen LogP contribution in [0.5, 0.6) is 0 Å². The van der Waals surface area contributed by atoms with Crippen molar-refractivity contribution in [3.05, 3.63) is 63.1 Å². The molecular formula is C21H25Br2NO. The van der Waals surface area contributed by atoms with E-state index in [2.05, 4.69) is 81.4 Å². The number of hydrogen-bond acceptors (Lipinski definition) is 1. The summed E-state index contributed by atoms with van der Waals surface area (Å²) < 4.78 is 0.943. The van der Waals surface area contributed by atoms with E-state index in [1.807, 2.05) is 25.2 Å². The Kier molecular flexibility index (Phi) is 7.70. The Hall–Kier alpha value is -1.13. The predicted molar refractivity (Wildman–Crippen MR) is 114 cm³/mol. The average molecular weight is 467 g/mol. The molecule has 1 aromatic carbocycles. The van der Waals surface area contributed by atoms with E-state index >= 15 is 0 Å². The molecule has 2 nitrogen and oxygen atoms in total. The van der Waals surface area contributed by atoms with Crippen molar-refractivity contribution >= 4 is 43.8 Å². The van der Waals surface area contributed by atoms with Gasteiger partial charge in [-0.05, 0) is 80.2 Å². The first-order chi connectivity index (χ1) is 11.9. The SMILES string of the molecule is CC(C)C(C)NC(=O)/C=C/C=C/C1CC1c1ccc(C=C(Br)Br)cc1. The molecule has 0 saturated heterocycles. The summed E-state index contributed by atoms with van der Waals surface area (Å²) in [6.45, 7) is 6.23. The Labute approximate surface area is 167 Å². The molecule has 25 heavy (non-hydrogen) atoms. The maximum Gasteiger partial charge on any atom is 0.244 e. The molecule has 0 spiro atoms. The quantitative estimate of drug-likeness (QED) is 0.378. The van der Waals surface area contributed by atoms with Gasteiger partial charge in [0.05, 0.1) is 3.39 Å². The Morgan fingerprint density at radius 2 is 1.84 bits per heavy atom. The van der Waals surface area contributed by atoms with Crippen LogP contribution in [0, 0.1) is 11.8 Å². The van der Waals surface area contributed by atoms with E-state index in [9.17, 15) is 4.79 Å². The number of hydrogen-bond donors (Lipinski definition) is 1. The number of rotatable bonds is 7. The van der Waals surface area contributed by atoms with Crippen LogP contribution in [0.1, 0.15) is 44.2 Å². The molecule has 1 saturated carbocycles. The van der Waals surface area contributed by atoms with Gasteiger partial charge < -0.3 is 5.32 Å². The van der Waals surface area contributed by atoms with E-state index in [1.54, 1.807) is 6.08 Å². The van der Waals surface area contributed by atoms with Crippen molar-refractivity contribution in [2.24, 2.45) is 11.8 Å². The van der Waals surface area contributed by atoms with Crippen LogP contribution in [0.15, 0.2) is 52.0 Å². The van der Waals surface area contributed by atoms with Crippen molar-refractivity contribution < 1.29 is 4.79 Å². The summed E-state index contributed by atoms with van der Waals surface area (Å²) in [7, 11) is 0. The van der Waals surface area contributed by atoms with E-state index in [1.165, 1.54) is 17.5 Å². The van der Waals surface area contributed by atoms with Crippen LogP contribution in [0.2, 0.25) is 0 Å². The fourth-order valence-electron chi connectivity index (χ4n) is 2.57. The molecule has 3 unspecified atom stereocenters. The van der Waals surface area contributed by atoms with Gasteiger partial charge in [-0.2, -0.15) is 0 Å². The van der Waals surface area contributed by atoms with Crippen molar-refractivity contribution in [3.63, 3.8) is 0 Å². The second kappa shape index (κ2) is 9.54. The Balaban J connectivity index is 1.80. The lowest BCUT2D eigenvalue weighted by Gasteiger charge is -2.15. The minimum Gasteiger partial charge on any atom is -0.350 e. The third kappa shape index (κ3) is 6.95. The van der Waals surface area contributed by atoms with Gasteiger partial charge in [-0.15, -0.1) is 0 Å². The molecule has 1 aliphatic rings. The molecular weight excluding hydrogens is 442 g/mol. The van der Waals surface area contributed by atoms with Gasteiger partial charge in [0, 0.05) is 12.1 Å². The summed E-state index contributed by atoms with van der Waals surface area (Å²) in [4.78, 5) is 11.8. The zero-order chi connectivity index (χ0) is 18.4. The first-order valence-electron chi connectivity index (χ1n) is 8.65. The van der Waals surface area contributed by atoms with E-state index < -0.39 is 0 Å². The van der Waals surface area contributed by atoms with E-state index in [-0.39, 0.29) is 11.9 Å². The molecule has 1 amide bonds. The van der Waals surface area contributed by atoms with E-state index in [0.717, 1.165) is 3.39 Å². The molecule has 0 heterocycles. The highest BCUT2D eigenvalue weighted by Gasteiger charge is 2.35. The number of amides is 1. The van der Waals surface area contributed by atoms with Crippen molar-refractivity contribution in [1.82, 2.24) is 5.32 Å². The van der Waals surface area contributed by atoms with Crippen LogP contribution in [-0.4, -0.2) is 11.9 Å². The monoisotopic (exact) mass is 465 g/mol. The zero-order valence-electron chi connectivity index (χ0n) is 14.9. The van der Waals surface area contributed by atoms with E-state index in [0.29, 0.717) is 17.8 Å². The average Bonchev–Trinajstić information content (AvgIpc) is 3.31. The summed E-state index contributed by atoms with van der Waals surface area (Å²) in [5.41, 5.74) is 2.55. The topological polar surface area (TPSA) is 29.1 Å². The lowest BCUT2D eigenvalue weighted by Crippen LogP contribution is -2.34. The third-order valence-corrected chi connectivity index (χ3v) is 5.02. The van der Waals surface area contributed by atoms with Gasteiger partial charge in [0.15, 0.2) is 0 Å². The lowest BCUT2D eigenvalue weighted by atomic mass is 10.1. The second-order valence-electron chi connectivity index (χ2n) is 6.89. The second-order valence-corrected chi connectivity index (χ2v) is 9.66. The standard InChI is InChI=1S/C21H25Br2NO/c1-14(2)15(3)24-21(25)7-5-4-6-18-13-19(18)17-10-8-16(9-11-17)12-20(22)23/h4-12,14-15,18-19H,13H2,1-3H3,(H,24,25)/b6-4+,7-5+. The highest BCUT2D eigenvalue weighted by Crippen LogP contribution is 2.48. The van der Waals surface area contributed by atoms with Crippen molar-refractivity contribution in [1.29, 1.82) is 0 Å². The number of carbonyl (C=O) groups is 1. The molecule has 2 rings (SSSR count). The molecule has 1 N–H and O–H groups in total. The summed E-state index contributed by atoms with van der Waals surface area (Å²) >= 11 is 6.76. The smallest absolute Gasteiger partial charge is 0.244 e. The Bertz CT molecular complexity index is 670. The maximum atomic E-state index is 11.8. The largest absolute Gasteiger partial charge is 0.350 e. The van der Waals surface area contributed by atoms with Gasteiger partial charge in [0.1, 0.15) is 0 Å². The fourth-order valence-corrected chi connectivity index (χ4v) is 3.09. The van der Waals surface area contributed by atoms with Gasteiger partial charge in [-0.25, -0.2) is 0 Å². The van der Waals surface area contributed by atoms with Crippen molar-refractivity contribution in [2.45, 2.75) is 39.2 Å². The van der Waals surface area contributed by atoms with Gasteiger partial charge in [-0.1, -0.05) is 56.3 Å². The van der Waals surface area contributed by atoms with Crippen molar-refractivity contribution in [2.75, 3.05) is 0 Å². The highest BCUT2D eigenvalue weighted by atomic mass is 79.9. The lowest BCUT2D eigenvalue weighted by molar-refractivity contribution is -0.117. The van der Waals surface area contributed by atoms with Gasteiger partial charge in [0.25, 0.3) is 0 Å². The summed E-state index contributed by atoms with van der Waals surface area (Å²) in [5.74, 6) is 1.59. The van der Waals surface area contributed by atoms with Crippen LogP contribution in [0.25, 0.3) is 6.08 Å². The number of benzene rings is 1. The normalized spacial score (nSPS) is 20.9. The Morgan fingerprint density at radius 3 is 2.44 bits per heavy atom. The fraction of sp³-hybridized carbons (Fsp3) is 0.381. The summed E-state index contributed by atoms with van der Waals surface area (Å²) in [6.07, 6.45) is 10.8. The van der Waals surface area contributed by atoms with Crippen molar-refractivity contribution in [3.8, 4) is 0 Å². The molecule has 0 aliphatic heterocycles. The highest BCUT2D eigenvalue weighted by molar-refractivity contribution is 9.28. The minimum absolute atomic E-state index is 0.0280. The van der Waals surface area contributed by atoms with Gasteiger partial charge >= 0.3 is 0 Å². The molecule has 0 radical (unpaired) electrons. The van der Waals surface area contributed by atoms with Crippen LogP contribution < -0.4 is 5.32 Å². The minimum atomic E-state index is -0.0280. The first kappa shape index (κ1) is 20.2.